The summed E-state index contributed by atoms with van der Waals surface area (Å²) in [5, 5.41) is 4.24. The third kappa shape index (κ3) is 2.11. The summed E-state index contributed by atoms with van der Waals surface area (Å²) in [4.78, 5) is 14.1. The molecule has 0 fully saturated rings. The third-order valence-corrected chi connectivity index (χ3v) is 2.13. The molecule has 16 heavy (non-hydrogen) atoms. The number of halogens is 1. The van der Waals surface area contributed by atoms with E-state index in [2.05, 4.69) is 20.1 Å². The summed E-state index contributed by atoms with van der Waals surface area (Å²) in [5.41, 5.74) is 0.815. The van der Waals surface area contributed by atoms with Crippen molar-refractivity contribution in [2.24, 2.45) is 7.05 Å². The quantitative estimate of drug-likeness (QED) is 0.781. The zero-order valence-electron chi connectivity index (χ0n) is 9.22. The Morgan fingerprint density at radius 2 is 2.00 bits per heavy atom. The van der Waals surface area contributed by atoms with Crippen molar-refractivity contribution in [2.45, 2.75) is 0 Å². The lowest BCUT2D eigenvalue weighted by Crippen LogP contribution is -2.13. The highest BCUT2D eigenvalue weighted by Crippen LogP contribution is 2.17. The SMILES string of the molecule is CN(C)c1nc(Cl)nc(-c2cnn(C)c2)n1. The van der Waals surface area contributed by atoms with Crippen LogP contribution in [0.15, 0.2) is 12.4 Å². The Balaban J connectivity index is 2.49. The summed E-state index contributed by atoms with van der Waals surface area (Å²) in [6.45, 7) is 0. The average Bonchev–Trinajstić information content (AvgIpc) is 2.64. The highest BCUT2D eigenvalue weighted by Gasteiger charge is 2.09. The van der Waals surface area contributed by atoms with Crippen molar-refractivity contribution in [3.63, 3.8) is 0 Å². The Hall–Kier alpha value is -1.69. The lowest BCUT2D eigenvalue weighted by molar-refractivity contribution is 0.768. The van der Waals surface area contributed by atoms with E-state index in [1.807, 2.05) is 27.3 Å². The van der Waals surface area contributed by atoms with E-state index in [1.165, 1.54) is 0 Å². The van der Waals surface area contributed by atoms with Gasteiger partial charge in [0.15, 0.2) is 5.82 Å². The molecule has 0 atom stereocenters. The predicted molar refractivity (Wildman–Crippen MR) is 61.4 cm³/mol. The van der Waals surface area contributed by atoms with Gasteiger partial charge in [-0.1, -0.05) is 0 Å². The molecule has 2 aromatic heterocycles. The highest BCUT2D eigenvalue weighted by molar-refractivity contribution is 6.28. The minimum Gasteiger partial charge on any atom is -0.347 e. The first-order valence-corrected chi connectivity index (χ1v) is 5.02. The van der Waals surface area contributed by atoms with Crippen LogP contribution in [-0.2, 0) is 7.05 Å². The van der Waals surface area contributed by atoms with Gasteiger partial charge in [0.05, 0.1) is 11.8 Å². The van der Waals surface area contributed by atoms with Crippen molar-refractivity contribution >= 4 is 17.5 Å². The molecule has 0 aliphatic heterocycles. The number of aryl methyl sites for hydroxylation is 1. The summed E-state index contributed by atoms with van der Waals surface area (Å²) >= 11 is 5.83. The molecule has 0 spiro atoms. The summed E-state index contributed by atoms with van der Waals surface area (Å²) in [6, 6.07) is 0. The summed E-state index contributed by atoms with van der Waals surface area (Å²) < 4.78 is 1.68. The molecule has 0 radical (unpaired) electrons. The molecule has 0 amide bonds. The fourth-order valence-electron chi connectivity index (χ4n) is 1.21. The lowest BCUT2D eigenvalue weighted by atomic mass is 10.3. The Kier molecular flexibility index (Phi) is 2.74. The third-order valence-electron chi connectivity index (χ3n) is 1.96. The van der Waals surface area contributed by atoms with Gasteiger partial charge in [-0.05, 0) is 11.6 Å². The number of nitrogens with zero attached hydrogens (tertiary/aromatic N) is 6. The zero-order chi connectivity index (χ0) is 11.7. The number of rotatable bonds is 2. The van der Waals surface area contributed by atoms with Gasteiger partial charge in [-0.2, -0.15) is 20.1 Å². The van der Waals surface area contributed by atoms with Crippen LogP contribution in [0.5, 0.6) is 0 Å². The van der Waals surface area contributed by atoms with Gasteiger partial charge in [-0.15, -0.1) is 0 Å². The van der Waals surface area contributed by atoms with E-state index < -0.39 is 0 Å². The van der Waals surface area contributed by atoms with Crippen LogP contribution in [0.2, 0.25) is 5.28 Å². The van der Waals surface area contributed by atoms with Gasteiger partial charge >= 0.3 is 0 Å². The first-order chi connectivity index (χ1) is 7.56. The molecule has 0 aliphatic rings. The van der Waals surface area contributed by atoms with Crippen molar-refractivity contribution in [1.29, 1.82) is 0 Å². The molecule has 2 heterocycles. The van der Waals surface area contributed by atoms with Crippen LogP contribution in [0, 0.1) is 0 Å². The van der Waals surface area contributed by atoms with Gasteiger partial charge in [0, 0.05) is 27.3 Å². The van der Waals surface area contributed by atoms with Gasteiger partial charge in [-0.25, -0.2) is 0 Å². The fourth-order valence-corrected chi connectivity index (χ4v) is 1.36. The van der Waals surface area contributed by atoms with Crippen LogP contribution < -0.4 is 4.90 Å². The number of aromatic nitrogens is 5. The smallest absolute Gasteiger partial charge is 0.229 e. The number of anilines is 1. The first kappa shape index (κ1) is 10.8. The molecule has 0 aromatic carbocycles. The van der Waals surface area contributed by atoms with Crippen LogP contribution in [0.3, 0.4) is 0 Å². The zero-order valence-corrected chi connectivity index (χ0v) is 9.97. The van der Waals surface area contributed by atoms with Crippen LogP contribution in [-0.4, -0.2) is 38.8 Å². The molecule has 0 unspecified atom stereocenters. The largest absolute Gasteiger partial charge is 0.347 e. The molecule has 2 aromatic rings. The van der Waals surface area contributed by atoms with Crippen LogP contribution in [0.4, 0.5) is 5.95 Å². The summed E-state index contributed by atoms with van der Waals surface area (Å²) in [5.74, 6) is 1.05. The van der Waals surface area contributed by atoms with Gasteiger partial charge in [0.1, 0.15) is 0 Å². The van der Waals surface area contributed by atoms with Crippen molar-refractivity contribution in [3.8, 4) is 11.4 Å². The summed E-state index contributed by atoms with van der Waals surface area (Å²) in [7, 11) is 5.52. The average molecular weight is 239 g/mol. The Morgan fingerprint density at radius 3 is 2.56 bits per heavy atom. The Labute approximate surface area is 97.9 Å². The molecule has 0 N–H and O–H groups in total. The molecule has 2 rings (SSSR count). The van der Waals surface area contributed by atoms with Gasteiger partial charge in [0.2, 0.25) is 11.2 Å². The molecule has 0 saturated carbocycles. The minimum atomic E-state index is 0.178. The molecular formula is C9H11ClN6. The maximum absolute atomic E-state index is 5.83. The van der Waals surface area contributed by atoms with E-state index in [9.17, 15) is 0 Å². The van der Waals surface area contributed by atoms with Crippen LogP contribution >= 0.6 is 11.6 Å². The maximum Gasteiger partial charge on any atom is 0.229 e. The van der Waals surface area contributed by atoms with Crippen LogP contribution in [0.25, 0.3) is 11.4 Å². The van der Waals surface area contributed by atoms with E-state index in [0.29, 0.717) is 11.8 Å². The van der Waals surface area contributed by atoms with Gasteiger partial charge in [0.25, 0.3) is 0 Å². The molecule has 84 valence electrons. The highest BCUT2D eigenvalue weighted by atomic mass is 35.5. The van der Waals surface area contributed by atoms with Crippen LogP contribution in [0.1, 0.15) is 0 Å². The Bertz CT molecular complexity index is 506. The van der Waals surface area contributed by atoms with E-state index in [4.69, 9.17) is 11.6 Å². The van der Waals surface area contributed by atoms with E-state index in [0.717, 1.165) is 5.56 Å². The maximum atomic E-state index is 5.83. The normalized spacial score (nSPS) is 10.5. The predicted octanol–water partition coefficient (Wildman–Crippen LogP) is 0.991. The van der Waals surface area contributed by atoms with E-state index in [1.54, 1.807) is 15.8 Å². The molecule has 6 nitrogen and oxygen atoms in total. The Morgan fingerprint density at radius 1 is 1.25 bits per heavy atom. The molecule has 0 saturated heterocycles. The van der Waals surface area contributed by atoms with Crippen molar-refractivity contribution in [3.05, 3.63) is 17.7 Å². The van der Waals surface area contributed by atoms with E-state index in [-0.39, 0.29) is 5.28 Å². The second-order valence-electron chi connectivity index (χ2n) is 3.53. The summed E-state index contributed by atoms with van der Waals surface area (Å²) in [6.07, 6.45) is 3.51. The van der Waals surface area contributed by atoms with Crippen molar-refractivity contribution in [2.75, 3.05) is 19.0 Å². The van der Waals surface area contributed by atoms with Gasteiger partial charge in [-0.3, -0.25) is 4.68 Å². The second kappa shape index (κ2) is 4.05. The molecule has 0 aliphatic carbocycles. The number of hydrogen-bond donors (Lipinski definition) is 0. The van der Waals surface area contributed by atoms with Crippen molar-refractivity contribution < 1.29 is 0 Å². The second-order valence-corrected chi connectivity index (χ2v) is 3.86. The molecule has 0 bridgehead atoms. The standard InChI is InChI=1S/C9H11ClN6/c1-15(2)9-13-7(12-8(10)14-9)6-4-11-16(3)5-6/h4-5H,1-3H3. The monoisotopic (exact) mass is 238 g/mol. The first-order valence-electron chi connectivity index (χ1n) is 4.64. The van der Waals surface area contributed by atoms with Crippen molar-refractivity contribution in [1.82, 2.24) is 24.7 Å². The minimum absolute atomic E-state index is 0.178. The topological polar surface area (TPSA) is 59.7 Å². The number of hydrogen-bond acceptors (Lipinski definition) is 5. The lowest BCUT2D eigenvalue weighted by Gasteiger charge is -2.10. The molecular weight excluding hydrogens is 228 g/mol. The van der Waals surface area contributed by atoms with E-state index >= 15 is 0 Å². The fraction of sp³-hybridized carbons (Fsp3) is 0.333. The van der Waals surface area contributed by atoms with Gasteiger partial charge < -0.3 is 4.90 Å². The molecule has 7 heteroatoms.